The van der Waals surface area contributed by atoms with Crippen LogP contribution < -0.4 is 10.1 Å². The lowest BCUT2D eigenvalue weighted by atomic mass is 9.96. The average Bonchev–Trinajstić information content (AvgIpc) is 3.19. The lowest BCUT2D eigenvalue weighted by molar-refractivity contribution is -0.112. The summed E-state index contributed by atoms with van der Waals surface area (Å²) in [7, 11) is 0. The van der Waals surface area contributed by atoms with Gasteiger partial charge in [-0.2, -0.15) is 10.5 Å². The van der Waals surface area contributed by atoms with Crippen molar-refractivity contribution in [3.05, 3.63) is 82.1 Å². The molecule has 35 heavy (non-hydrogen) atoms. The van der Waals surface area contributed by atoms with Gasteiger partial charge in [0.1, 0.15) is 40.9 Å². The van der Waals surface area contributed by atoms with Crippen molar-refractivity contribution in [2.75, 3.05) is 5.32 Å². The van der Waals surface area contributed by atoms with Crippen molar-refractivity contribution in [2.45, 2.75) is 32.3 Å². The van der Waals surface area contributed by atoms with Crippen molar-refractivity contribution in [3.63, 3.8) is 0 Å². The Morgan fingerprint density at radius 3 is 2.57 bits per heavy atom. The molecule has 1 amide bonds. The van der Waals surface area contributed by atoms with Crippen LogP contribution in [-0.4, -0.2) is 5.91 Å². The lowest BCUT2D eigenvalue weighted by Gasteiger charge is -2.12. The van der Waals surface area contributed by atoms with Gasteiger partial charge in [0, 0.05) is 10.4 Å². The summed E-state index contributed by atoms with van der Waals surface area (Å²) in [4.78, 5) is 14.0. The number of halogens is 3. The molecule has 9 heteroatoms. The van der Waals surface area contributed by atoms with E-state index in [1.807, 2.05) is 6.07 Å². The van der Waals surface area contributed by atoms with Crippen LogP contribution >= 0.6 is 56.5 Å². The maximum atomic E-state index is 13.9. The second-order valence-electron chi connectivity index (χ2n) is 7.84. The molecule has 0 unspecified atom stereocenters. The van der Waals surface area contributed by atoms with E-state index in [0.29, 0.717) is 27.4 Å². The first-order valence-electron chi connectivity index (χ1n) is 10.7. The van der Waals surface area contributed by atoms with Gasteiger partial charge in [0.2, 0.25) is 0 Å². The molecule has 0 spiro atoms. The fourth-order valence-corrected chi connectivity index (χ4v) is 7.19. The molecule has 0 fully saturated rings. The summed E-state index contributed by atoms with van der Waals surface area (Å²) in [5, 5.41) is 22.5. The Morgan fingerprint density at radius 2 is 1.89 bits per heavy atom. The minimum atomic E-state index is -0.549. The maximum absolute atomic E-state index is 13.9. The third kappa shape index (κ3) is 5.85. The van der Waals surface area contributed by atoms with Crippen molar-refractivity contribution >= 4 is 73.5 Å². The number of carbonyl (C=O) groups is 1. The number of nitriles is 2. The highest BCUT2D eigenvalue weighted by Gasteiger charge is 2.23. The van der Waals surface area contributed by atoms with Crippen LogP contribution in [0.5, 0.6) is 5.75 Å². The molecule has 5 nitrogen and oxygen atoms in total. The molecule has 3 aromatic rings. The summed E-state index contributed by atoms with van der Waals surface area (Å²) in [5.41, 5.74) is 2.59. The van der Waals surface area contributed by atoms with E-state index in [0.717, 1.165) is 43.3 Å². The van der Waals surface area contributed by atoms with Gasteiger partial charge in [-0.1, -0.05) is 18.2 Å². The largest absolute Gasteiger partial charge is 0.487 e. The predicted molar refractivity (Wildman–Crippen MR) is 151 cm³/mol. The first kappa shape index (κ1) is 25.6. The molecule has 1 aromatic heterocycles. The maximum Gasteiger partial charge on any atom is 0.266 e. The summed E-state index contributed by atoms with van der Waals surface area (Å²) in [5.74, 6) is -0.266. The Labute approximate surface area is 233 Å². The van der Waals surface area contributed by atoms with Crippen LogP contribution in [0.15, 0.2) is 42.0 Å². The molecule has 1 aliphatic carbocycles. The zero-order valence-corrected chi connectivity index (χ0v) is 23.5. The number of thiophene rings is 1. The fraction of sp³-hybridized carbons (Fsp3) is 0.192. The third-order valence-electron chi connectivity index (χ3n) is 5.54. The van der Waals surface area contributed by atoms with Crippen LogP contribution in [0.3, 0.4) is 0 Å². The Bertz CT molecular complexity index is 1400. The third-order valence-corrected chi connectivity index (χ3v) is 8.35. The number of rotatable bonds is 6. The second kappa shape index (κ2) is 11.5. The zero-order valence-electron chi connectivity index (χ0n) is 18.3. The van der Waals surface area contributed by atoms with E-state index in [1.165, 1.54) is 23.5 Å². The second-order valence-corrected chi connectivity index (χ2v) is 11.3. The van der Waals surface area contributed by atoms with Gasteiger partial charge in [0.05, 0.1) is 12.7 Å². The van der Waals surface area contributed by atoms with Crippen molar-refractivity contribution in [1.29, 1.82) is 10.5 Å². The van der Waals surface area contributed by atoms with Crippen molar-refractivity contribution < 1.29 is 13.9 Å². The molecule has 1 N–H and O–H groups in total. The number of nitrogens with one attached hydrogen (secondary N) is 1. The predicted octanol–water partition coefficient (Wildman–Crippen LogP) is 6.97. The molecular formula is C26H18FI2N3O2S. The molecule has 1 aliphatic rings. The van der Waals surface area contributed by atoms with E-state index in [1.54, 1.807) is 30.3 Å². The Morgan fingerprint density at radius 1 is 1.17 bits per heavy atom. The number of fused-ring (bicyclic) bond motifs is 1. The molecule has 0 aliphatic heterocycles. The quantitative estimate of drug-likeness (QED) is 0.170. The van der Waals surface area contributed by atoms with Crippen LogP contribution in [0.1, 0.15) is 40.0 Å². The first-order valence-corrected chi connectivity index (χ1v) is 13.7. The smallest absolute Gasteiger partial charge is 0.266 e. The number of anilines is 1. The molecule has 0 bridgehead atoms. The van der Waals surface area contributed by atoms with Gasteiger partial charge in [-0.15, -0.1) is 11.3 Å². The molecule has 1 heterocycles. The summed E-state index contributed by atoms with van der Waals surface area (Å²) in [6.07, 6.45) is 5.38. The van der Waals surface area contributed by atoms with Crippen LogP contribution in [0.25, 0.3) is 6.08 Å². The van der Waals surface area contributed by atoms with Crippen molar-refractivity contribution in [3.8, 4) is 17.9 Å². The number of nitrogens with zero attached hydrogens (tertiary/aromatic N) is 2. The molecule has 0 atom stereocenters. The number of carbonyl (C=O) groups excluding carboxylic acids is 1. The Hall–Kier alpha value is -2.48. The number of hydrogen-bond donors (Lipinski definition) is 1. The summed E-state index contributed by atoms with van der Waals surface area (Å²) in [6.45, 7) is 0.0890. The number of ether oxygens (including phenoxy) is 1. The van der Waals surface area contributed by atoms with Crippen LogP contribution in [0, 0.1) is 35.6 Å². The molecule has 0 saturated carbocycles. The SMILES string of the molecule is N#C/C(=C\c1cc(I)c(OCc2ccccc2F)c(I)c1)C(=O)Nc1sc2c(c1C#N)CCCC2. The highest BCUT2D eigenvalue weighted by atomic mass is 127. The van der Waals surface area contributed by atoms with Crippen molar-refractivity contribution in [1.82, 2.24) is 0 Å². The molecule has 2 aromatic carbocycles. The molecule has 0 saturated heterocycles. The van der Waals surface area contributed by atoms with Gasteiger partial charge in [0.25, 0.3) is 5.91 Å². The van der Waals surface area contributed by atoms with Gasteiger partial charge >= 0.3 is 0 Å². The van der Waals surface area contributed by atoms with Gasteiger partial charge < -0.3 is 10.1 Å². The summed E-state index contributed by atoms with van der Waals surface area (Å²) < 4.78 is 21.3. The standard InChI is InChI=1S/C26H18FI2N3O2S/c27-20-7-3-1-5-16(20)14-34-24-21(28)10-15(11-22(24)29)9-17(12-30)25(33)32-26-19(13-31)18-6-2-4-8-23(18)35-26/h1,3,5,7,9-11H,2,4,6,8,14H2,(H,32,33)/b17-9+. The monoisotopic (exact) mass is 709 g/mol. The number of aryl methyl sites for hydroxylation is 1. The molecule has 176 valence electrons. The Balaban J connectivity index is 1.53. The molecular weight excluding hydrogens is 691 g/mol. The van der Waals surface area contributed by atoms with Crippen LogP contribution in [0.2, 0.25) is 0 Å². The normalized spacial score (nSPS) is 12.9. The molecule has 4 rings (SSSR count). The Kier molecular flexibility index (Phi) is 8.42. The number of amides is 1. The topological polar surface area (TPSA) is 85.9 Å². The van der Waals surface area contributed by atoms with Gasteiger partial charge in [0.15, 0.2) is 0 Å². The molecule has 0 radical (unpaired) electrons. The van der Waals surface area contributed by atoms with E-state index >= 15 is 0 Å². The first-order chi connectivity index (χ1) is 16.9. The lowest BCUT2D eigenvalue weighted by Crippen LogP contribution is -2.13. The van der Waals surface area contributed by atoms with E-state index in [-0.39, 0.29) is 18.0 Å². The van der Waals surface area contributed by atoms with E-state index < -0.39 is 5.91 Å². The summed E-state index contributed by atoms with van der Waals surface area (Å²) >= 11 is 5.66. The summed E-state index contributed by atoms with van der Waals surface area (Å²) in [6, 6.07) is 14.2. The van der Waals surface area contributed by atoms with Crippen molar-refractivity contribution in [2.24, 2.45) is 0 Å². The number of benzene rings is 2. The van der Waals surface area contributed by atoms with E-state index in [2.05, 4.69) is 56.6 Å². The van der Waals surface area contributed by atoms with Crippen LogP contribution in [0.4, 0.5) is 9.39 Å². The fourth-order valence-electron chi connectivity index (χ4n) is 3.82. The van der Waals surface area contributed by atoms with E-state index in [4.69, 9.17) is 4.74 Å². The average molecular weight is 709 g/mol. The highest BCUT2D eigenvalue weighted by molar-refractivity contribution is 14.1. The van der Waals surface area contributed by atoms with Crippen LogP contribution in [-0.2, 0) is 24.2 Å². The highest BCUT2D eigenvalue weighted by Crippen LogP contribution is 2.38. The van der Waals surface area contributed by atoms with Gasteiger partial charge in [-0.05, 0) is 106 Å². The minimum absolute atomic E-state index is 0.0631. The number of hydrogen-bond acceptors (Lipinski definition) is 5. The zero-order chi connectivity index (χ0) is 24.9. The van der Waals surface area contributed by atoms with E-state index in [9.17, 15) is 19.7 Å². The van der Waals surface area contributed by atoms with Gasteiger partial charge in [-0.25, -0.2) is 4.39 Å². The minimum Gasteiger partial charge on any atom is -0.487 e. The van der Waals surface area contributed by atoms with Gasteiger partial charge in [-0.3, -0.25) is 4.79 Å².